The van der Waals surface area contributed by atoms with Crippen LogP contribution in [0.3, 0.4) is 0 Å². The molecule has 0 unspecified atom stereocenters. The molecule has 2 amide bonds. The SMILES string of the molecule is COc1ccc(CN(Cc2ccc(OC)cc2)c2cc(C)c(C(F)(F)F)c(-c3c(Cl)c4c5c(nc(OC[C@@]67CCCN6C[C@H](F)C7)nc5c3F)N([C@H](C)c3cccnc3N(C(=O)OC(C)(C)C)C(=O)OC(C)(C)C)CCO4)c2F)cc1. The van der Waals surface area contributed by atoms with Crippen molar-refractivity contribution in [2.24, 2.45) is 0 Å². The van der Waals surface area contributed by atoms with E-state index < -0.39 is 97.8 Å². The number of pyridine rings is 1. The molecule has 22 heteroatoms. The first-order valence-electron chi connectivity index (χ1n) is 26.5. The zero-order valence-corrected chi connectivity index (χ0v) is 47.5. The quantitative estimate of drug-likeness (QED) is 0.0955. The van der Waals surface area contributed by atoms with E-state index in [0.717, 1.165) is 19.4 Å². The van der Waals surface area contributed by atoms with Gasteiger partial charge >= 0.3 is 24.4 Å². The van der Waals surface area contributed by atoms with Crippen LogP contribution >= 0.6 is 11.6 Å². The van der Waals surface area contributed by atoms with E-state index in [1.165, 1.54) is 25.3 Å². The number of aryl methyl sites for hydroxylation is 1. The molecule has 0 spiro atoms. The predicted octanol–water partition coefficient (Wildman–Crippen LogP) is 13.8. The molecular formula is C59H64ClF6N7O8. The fraction of sp³-hybridized carbons (Fsp3) is 0.441. The van der Waals surface area contributed by atoms with Crippen LogP contribution < -0.4 is 33.6 Å². The molecule has 9 rings (SSSR count). The summed E-state index contributed by atoms with van der Waals surface area (Å²) in [6.45, 7) is 12.8. The second-order valence-corrected chi connectivity index (χ2v) is 22.9. The van der Waals surface area contributed by atoms with Crippen molar-refractivity contribution in [2.45, 2.75) is 123 Å². The van der Waals surface area contributed by atoms with Gasteiger partial charge in [-0.05, 0) is 128 Å². The van der Waals surface area contributed by atoms with E-state index >= 15 is 26.3 Å². The number of aromatic nitrogens is 3. The maximum Gasteiger partial charge on any atom is 0.425 e. The van der Waals surface area contributed by atoms with Crippen LogP contribution in [0.4, 0.5) is 53.3 Å². The first-order valence-corrected chi connectivity index (χ1v) is 26.8. The summed E-state index contributed by atoms with van der Waals surface area (Å²) in [6, 6.07) is 16.6. The van der Waals surface area contributed by atoms with Gasteiger partial charge in [0, 0.05) is 48.9 Å². The lowest BCUT2D eigenvalue weighted by molar-refractivity contribution is -0.137. The van der Waals surface area contributed by atoms with E-state index in [2.05, 4.69) is 9.97 Å². The van der Waals surface area contributed by atoms with Crippen molar-refractivity contribution in [1.82, 2.24) is 19.9 Å². The Kier molecular flexibility index (Phi) is 16.3. The highest BCUT2D eigenvalue weighted by Gasteiger charge is 2.50. The zero-order chi connectivity index (χ0) is 58.5. The standard InChI is InChI=1S/C59H64ClF6N7O8/c1-33-27-41(70(29-35-14-18-38(76-9)19-15-35)30-36-16-20-39(77-10)21-17-36)47(62)42(45(33)59(64,65)66)43-46(60)50-44-49(48(43)63)68-53(79-32-58-22-12-24-71(58)31-37(61)28-58)69-52(44)72(25-26-78-50)34(2)40-13-11-23-67-51(40)73(54(74)80-56(3,4)5)55(75)81-57(6,7)8/h11,13-21,23,27,34,37H,12,22,24-26,28-32H2,1-10H3/t34-,37-,58+/m1/s1. The lowest BCUT2D eigenvalue weighted by atomic mass is 9.91. The van der Waals surface area contributed by atoms with Crippen molar-refractivity contribution in [3.63, 3.8) is 0 Å². The van der Waals surface area contributed by atoms with E-state index in [4.69, 9.17) is 45.0 Å². The van der Waals surface area contributed by atoms with E-state index in [-0.39, 0.29) is 79.8 Å². The zero-order valence-electron chi connectivity index (χ0n) is 46.7. The van der Waals surface area contributed by atoms with Crippen LogP contribution in [0.2, 0.25) is 5.02 Å². The van der Waals surface area contributed by atoms with Gasteiger partial charge in [0.25, 0.3) is 0 Å². The van der Waals surface area contributed by atoms with E-state index in [1.54, 1.807) is 114 Å². The molecule has 5 heterocycles. The van der Waals surface area contributed by atoms with Gasteiger partial charge in [-0.25, -0.2) is 27.7 Å². The number of rotatable bonds is 14. The number of carbonyl (C=O) groups is 2. The normalized spacial score (nSPS) is 17.7. The van der Waals surface area contributed by atoms with Crippen molar-refractivity contribution >= 4 is 52.0 Å². The Morgan fingerprint density at radius 1 is 0.864 bits per heavy atom. The topological polar surface area (TPSA) is 141 Å². The van der Waals surface area contributed by atoms with Gasteiger partial charge < -0.3 is 38.2 Å². The fourth-order valence-corrected chi connectivity index (χ4v) is 11.3. The highest BCUT2D eigenvalue weighted by atomic mass is 35.5. The number of fused-ring (bicyclic) bond motifs is 1. The Morgan fingerprint density at radius 2 is 1.47 bits per heavy atom. The highest BCUT2D eigenvalue weighted by Crippen LogP contribution is 2.54. The number of nitrogens with zero attached hydrogens (tertiary/aromatic N) is 7. The smallest absolute Gasteiger partial charge is 0.425 e. The van der Waals surface area contributed by atoms with Crippen LogP contribution in [0.25, 0.3) is 22.0 Å². The number of carbonyl (C=O) groups excluding carboxylic acids is 2. The molecule has 2 fully saturated rings. The minimum absolute atomic E-state index is 0.0290. The monoisotopic (exact) mass is 1150 g/mol. The summed E-state index contributed by atoms with van der Waals surface area (Å²) in [7, 11) is 3.00. The Hall–Kier alpha value is -7.26. The Bertz CT molecular complexity index is 3260. The number of amides is 2. The van der Waals surface area contributed by atoms with Crippen molar-refractivity contribution in [3.8, 4) is 34.4 Å². The number of methoxy groups -OCH3 is 2. The molecule has 432 valence electrons. The molecule has 3 aliphatic heterocycles. The van der Waals surface area contributed by atoms with Gasteiger partial charge in [-0.3, -0.25) is 4.90 Å². The summed E-state index contributed by atoms with van der Waals surface area (Å²) < 4.78 is 134. The summed E-state index contributed by atoms with van der Waals surface area (Å²) in [6.07, 6.45) is -5.81. The molecule has 2 saturated heterocycles. The third kappa shape index (κ3) is 12.1. The first-order chi connectivity index (χ1) is 38.2. The number of halogens is 7. The second-order valence-electron chi connectivity index (χ2n) is 22.5. The molecule has 3 aliphatic rings. The molecule has 15 nitrogen and oxygen atoms in total. The molecule has 4 aromatic carbocycles. The minimum Gasteiger partial charge on any atom is -0.497 e. The predicted molar refractivity (Wildman–Crippen MR) is 295 cm³/mol. The van der Waals surface area contributed by atoms with Gasteiger partial charge in [-0.2, -0.15) is 28.0 Å². The van der Waals surface area contributed by atoms with Crippen LogP contribution in [0, 0.1) is 18.6 Å². The van der Waals surface area contributed by atoms with Crippen LogP contribution in [-0.2, 0) is 28.7 Å². The largest absolute Gasteiger partial charge is 0.497 e. The Morgan fingerprint density at radius 3 is 2.04 bits per heavy atom. The van der Waals surface area contributed by atoms with Crippen molar-refractivity contribution in [1.29, 1.82) is 0 Å². The summed E-state index contributed by atoms with van der Waals surface area (Å²) in [4.78, 5) is 47.8. The van der Waals surface area contributed by atoms with Gasteiger partial charge in [0.1, 0.15) is 53.4 Å². The van der Waals surface area contributed by atoms with Gasteiger partial charge in [-0.15, -0.1) is 0 Å². The number of anilines is 3. The van der Waals surface area contributed by atoms with Crippen LogP contribution in [0.5, 0.6) is 23.3 Å². The molecule has 0 saturated carbocycles. The molecule has 2 aromatic heterocycles. The van der Waals surface area contributed by atoms with E-state index in [9.17, 15) is 9.59 Å². The second kappa shape index (κ2) is 22.6. The Balaban J connectivity index is 1.26. The van der Waals surface area contributed by atoms with Gasteiger partial charge in [0.05, 0.1) is 54.0 Å². The van der Waals surface area contributed by atoms with Gasteiger partial charge in [-0.1, -0.05) is 41.9 Å². The maximum absolute atomic E-state index is 18.5. The molecule has 6 aromatic rings. The van der Waals surface area contributed by atoms with E-state index in [0.29, 0.717) is 40.5 Å². The molecule has 0 aliphatic carbocycles. The third-order valence-electron chi connectivity index (χ3n) is 14.5. The lowest BCUT2D eigenvalue weighted by Gasteiger charge is -2.33. The number of benzene rings is 4. The number of imide groups is 1. The van der Waals surface area contributed by atoms with Crippen LogP contribution in [0.1, 0.15) is 102 Å². The van der Waals surface area contributed by atoms with Crippen molar-refractivity contribution in [2.75, 3.05) is 61.8 Å². The average Bonchev–Trinajstić information content (AvgIpc) is 4.08. The molecule has 3 atom stereocenters. The van der Waals surface area contributed by atoms with Gasteiger partial charge in [0.15, 0.2) is 23.2 Å². The van der Waals surface area contributed by atoms with Crippen molar-refractivity contribution in [3.05, 3.63) is 117 Å². The highest BCUT2D eigenvalue weighted by molar-refractivity contribution is 6.36. The maximum atomic E-state index is 18.5. The number of ether oxygens (including phenoxy) is 6. The first kappa shape index (κ1) is 58.4. The Labute approximate surface area is 471 Å². The molecular weight excluding hydrogens is 1080 g/mol. The summed E-state index contributed by atoms with van der Waals surface area (Å²) in [5.41, 5.74) is -6.48. The minimum atomic E-state index is -5.28. The summed E-state index contributed by atoms with van der Waals surface area (Å²) in [5, 5.41) is -0.929. The van der Waals surface area contributed by atoms with Crippen molar-refractivity contribution < 1.29 is 64.4 Å². The fourth-order valence-electron chi connectivity index (χ4n) is 10.9. The van der Waals surface area contributed by atoms with E-state index in [1.807, 2.05) is 4.90 Å². The van der Waals surface area contributed by atoms with Crippen LogP contribution in [0.15, 0.2) is 72.9 Å². The van der Waals surface area contributed by atoms with Crippen LogP contribution in [-0.4, -0.2) is 102 Å². The third-order valence-corrected chi connectivity index (χ3v) is 14.9. The number of hydrogen-bond donors (Lipinski definition) is 0. The molecule has 0 N–H and O–H groups in total. The lowest BCUT2D eigenvalue weighted by Crippen LogP contribution is -2.45. The number of alkyl halides is 4. The molecule has 81 heavy (non-hydrogen) atoms. The van der Waals surface area contributed by atoms with Gasteiger partial charge in [0.2, 0.25) is 0 Å². The summed E-state index contributed by atoms with van der Waals surface area (Å²) in [5.74, 6) is -2.48. The summed E-state index contributed by atoms with van der Waals surface area (Å²) >= 11 is 7.25. The molecule has 0 radical (unpaired) electrons. The number of hydrogen-bond acceptors (Lipinski definition) is 14. The average molecular weight is 1150 g/mol. The molecule has 0 bridgehead atoms.